The lowest BCUT2D eigenvalue weighted by atomic mass is 10.4. The summed E-state index contributed by atoms with van der Waals surface area (Å²) >= 11 is 0. The van der Waals surface area contributed by atoms with Crippen LogP contribution in [0.25, 0.3) is 0 Å². The molecule has 0 aromatic heterocycles. The monoisotopic (exact) mass is 156 g/mol. The summed E-state index contributed by atoms with van der Waals surface area (Å²) in [6.45, 7) is 3.19. The van der Waals surface area contributed by atoms with Crippen LogP contribution < -0.4 is 0 Å². The van der Waals surface area contributed by atoms with E-state index in [2.05, 4.69) is 0 Å². The summed E-state index contributed by atoms with van der Waals surface area (Å²) in [6, 6.07) is 0. The quantitative estimate of drug-likeness (QED) is 0.313. The van der Waals surface area contributed by atoms with Crippen molar-refractivity contribution < 1.29 is 19.1 Å². The zero-order valence-electron chi connectivity index (χ0n) is 6.29. The Morgan fingerprint density at radius 3 is 2.36 bits per heavy atom. The van der Waals surface area contributed by atoms with Crippen LogP contribution in [-0.2, 0) is 19.1 Å². The summed E-state index contributed by atoms with van der Waals surface area (Å²) in [5.74, 6) is -1.57. The van der Waals surface area contributed by atoms with E-state index in [9.17, 15) is 9.59 Å². The molecule has 1 aliphatic heterocycles. The van der Waals surface area contributed by atoms with E-state index in [1.165, 1.54) is 0 Å². The maximum atomic E-state index is 10.8. The molecule has 0 spiro atoms. The van der Waals surface area contributed by atoms with Crippen molar-refractivity contribution in [3.05, 3.63) is 11.8 Å². The van der Waals surface area contributed by atoms with Crippen LogP contribution >= 0.6 is 0 Å². The Morgan fingerprint density at radius 2 is 2.00 bits per heavy atom. The van der Waals surface area contributed by atoms with Gasteiger partial charge in [-0.2, -0.15) is 0 Å². The Labute approximate surface area is 63.8 Å². The van der Waals surface area contributed by atoms with Crippen LogP contribution in [0.1, 0.15) is 13.8 Å². The highest BCUT2D eigenvalue weighted by Gasteiger charge is 2.36. The lowest BCUT2D eigenvalue weighted by Crippen LogP contribution is -2.19. The predicted molar refractivity (Wildman–Crippen MR) is 35.4 cm³/mol. The predicted octanol–water partition coefficient (Wildman–Crippen LogP) is 0.379. The number of aldehydes is 1. The van der Waals surface area contributed by atoms with E-state index in [0.717, 1.165) is 6.08 Å². The minimum absolute atomic E-state index is 0.0370. The fraction of sp³-hybridized carbons (Fsp3) is 0.429. The molecule has 4 heteroatoms. The number of ether oxygens (including phenoxy) is 2. The first-order valence-corrected chi connectivity index (χ1v) is 3.13. The van der Waals surface area contributed by atoms with E-state index in [4.69, 9.17) is 9.47 Å². The molecule has 0 aromatic rings. The van der Waals surface area contributed by atoms with Crippen LogP contribution in [0.4, 0.5) is 0 Å². The lowest BCUT2D eigenvalue weighted by Gasteiger charge is -2.13. The summed E-state index contributed by atoms with van der Waals surface area (Å²) in [5, 5.41) is 0. The van der Waals surface area contributed by atoms with Crippen LogP contribution in [0.3, 0.4) is 0 Å². The van der Waals surface area contributed by atoms with Crippen molar-refractivity contribution in [1.82, 2.24) is 0 Å². The molecule has 1 saturated heterocycles. The summed E-state index contributed by atoms with van der Waals surface area (Å²) in [7, 11) is 0. The molecule has 1 heterocycles. The first-order valence-electron chi connectivity index (χ1n) is 3.13. The van der Waals surface area contributed by atoms with Crippen LogP contribution in [0.5, 0.6) is 0 Å². The van der Waals surface area contributed by atoms with Gasteiger partial charge in [0.05, 0.1) is 0 Å². The number of esters is 1. The smallest absolute Gasteiger partial charge is 0.377 e. The number of rotatable bonds is 1. The highest BCUT2D eigenvalue weighted by atomic mass is 16.8. The Balaban J connectivity index is 2.82. The Kier molecular flexibility index (Phi) is 1.68. The molecule has 1 fully saturated rings. The van der Waals surface area contributed by atoms with Gasteiger partial charge < -0.3 is 9.47 Å². The Morgan fingerprint density at radius 1 is 1.36 bits per heavy atom. The summed E-state index contributed by atoms with van der Waals surface area (Å²) in [6.07, 6.45) is 1.52. The van der Waals surface area contributed by atoms with Gasteiger partial charge in [-0.3, -0.25) is 4.79 Å². The summed E-state index contributed by atoms with van der Waals surface area (Å²) < 4.78 is 9.69. The molecule has 1 rings (SSSR count). The Hall–Kier alpha value is -1.32. The summed E-state index contributed by atoms with van der Waals surface area (Å²) in [4.78, 5) is 20.8. The van der Waals surface area contributed by atoms with Gasteiger partial charge in [-0.05, 0) is 0 Å². The molecule has 1 aliphatic rings. The molecule has 0 saturated carbocycles. The summed E-state index contributed by atoms with van der Waals surface area (Å²) in [5.41, 5.74) is 0. The fourth-order valence-corrected chi connectivity index (χ4v) is 0.765. The van der Waals surface area contributed by atoms with Gasteiger partial charge in [0.25, 0.3) is 0 Å². The third-order valence-electron chi connectivity index (χ3n) is 1.11. The molecule has 0 bridgehead atoms. The maximum Gasteiger partial charge on any atom is 0.377 e. The Bertz CT molecular complexity index is 227. The highest BCUT2D eigenvalue weighted by Crippen LogP contribution is 2.25. The van der Waals surface area contributed by atoms with Crippen LogP contribution in [0, 0.1) is 0 Å². The van der Waals surface area contributed by atoms with Gasteiger partial charge in [0.15, 0.2) is 0 Å². The normalized spacial score (nSPS) is 24.5. The van der Waals surface area contributed by atoms with E-state index in [0.29, 0.717) is 6.29 Å². The van der Waals surface area contributed by atoms with Crippen molar-refractivity contribution in [2.45, 2.75) is 19.6 Å². The molecule has 0 N–H and O–H groups in total. The number of cyclic esters (lactones) is 1. The first-order chi connectivity index (χ1) is 5.05. The number of carbonyl (C=O) groups is 2. The second kappa shape index (κ2) is 2.38. The molecule has 4 nitrogen and oxygen atoms in total. The van der Waals surface area contributed by atoms with E-state index >= 15 is 0 Å². The second-order valence-corrected chi connectivity index (χ2v) is 2.56. The van der Waals surface area contributed by atoms with E-state index in [1.807, 2.05) is 0 Å². The van der Waals surface area contributed by atoms with Gasteiger partial charge in [0.1, 0.15) is 6.29 Å². The van der Waals surface area contributed by atoms with Crippen molar-refractivity contribution in [1.29, 1.82) is 0 Å². The zero-order valence-corrected chi connectivity index (χ0v) is 6.29. The zero-order chi connectivity index (χ0) is 8.48. The van der Waals surface area contributed by atoms with E-state index < -0.39 is 11.8 Å². The van der Waals surface area contributed by atoms with Gasteiger partial charge in [0.2, 0.25) is 11.5 Å². The van der Waals surface area contributed by atoms with E-state index in [-0.39, 0.29) is 5.76 Å². The maximum absolute atomic E-state index is 10.8. The molecule has 11 heavy (non-hydrogen) atoms. The molecule has 0 unspecified atom stereocenters. The number of hydrogen-bond acceptors (Lipinski definition) is 4. The van der Waals surface area contributed by atoms with Crippen LogP contribution in [0.15, 0.2) is 11.8 Å². The number of allylic oxidation sites excluding steroid dienone is 1. The third-order valence-corrected chi connectivity index (χ3v) is 1.11. The molecule has 0 aliphatic carbocycles. The average molecular weight is 156 g/mol. The van der Waals surface area contributed by atoms with Gasteiger partial charge in [-0.25, -0.2) is 4.79 Å². The molecule has 0 aromatic carbocycles. The molecular weight excluding hydrogens is 148 g/mol. The average Bonchev–Trinajstić information content (AvgIpc) is 2.07. The molecule has 60 valence electrons. The van der Waals surface area contributed by atoms with Gasteiger partial charge in [0, 0.05) is 19.9 Å². The highest BCUT2D eigenvalue weighted by molar-refractivity contribution is 5.92. The van der Waals surface area contributed by atoms with Gasteiger partial charge >= 0.3 is 5.97 Å². The van der Waals surface area contributed by atoms with Crippen molar-refractivity contribution in [2.24, 2.45) is 0 Å². The number of hydrogen-bond donors (Lipinski definition) is 0. The van der Waals surface area contributed by atoms with Crippen molar-refractivity contribution in [2.75, 3.05) is 0 Å². The van der Waals surface area contributed by atoms with Crippen molar-refractivity contribution >= 4 is 12.3 Å². The topological polar surface area (TPSA) is 52.6 Å². The second-order valence-electron chi connectivity index (χ2n) is 2.56. The molecular formula is C7H8O4. The van der Waals surface area contributed by atoms with Gasteiger partial charge in [-0.1, -0.05) is 0 Å². The van der Waals surface area contributed by atoms with Crippen molar-refractivity contribution in [3.8, 4) is 0 Å². The molecule has 0 atom stereocenters. The lowest BCUT2D eigenvalue weighted by molar-refractivity contribution is -0.159. The van der Waals surface area contributed by atoms with Crippen LogP contribution in [0.2, 0.25) is 0 Å². The SMILES string of the molecule is CC1(C)OC(=O)/C(=C/C=O)O1. The van der Waals surface area contributed by atoms with Crippen LogP contribution in [-0.4, -0.2) is 18.0 Å². The third kappa shape index (κ3) is 1.58. The van der Waals surface area contributed by atoms with E-state index in [1.54, 1.807) is 13.8 Å². The van der Waals surface area contributed by atoms with Crippen molar-refractivity contribution in [3.63, 3.8) is 0 Å². The number of carbonyl (C=O) groups excluding carboxylic acids is 2. The largest absolute Gasteiger partial charge is 0.445 e. The standard InChI is InChI=1S/C7H8O4/c1-7(2)10-5(3-4-8)6(9)11-7/h3-4H,1-2H3/b5-3-. The minimum Gasteiger partial charge on any atom is -0.445 e. The van der Waals surface area contributed by atoms with Gasteiger partial charge in [-0.15, -0.1) is 0 Å². The minimum atomic E-state index is -0.939. The molecule has 0 radical (unpaired) electrons. The first kappa shape index (κ1) is 7.78. The molecule has 0 amide bonds. The fourth-order valence-electron chi connectivity index (χ4n) is 0.765.